The van der Waals surface area contributed by atoms with Gasteiger partial charge in [0.1, 0.15) is 5.60 Å². The third-order valence-electron chi connectivity index (χ3n) is 1.76. The number of carbonyl (C=O) groups is 1. The van der Waals surface area contributed by atoms with Crippen LogP contribution in [0.1, 0.15) is 25.6 Å². The van der Waals surface area contributed by atoms with Crippen LogP contribution >= 0.6 is 0 Å². The van der Waals surface area contributed by atoms with Crippen LogP contribution < -0.4 is 5.32 Å². The SMILES string of the molecule is Cc1nc(CCNC(=O)C(C)(C)O)no1. The maximum absolute atomic E-state index is 11.2. The molecule has 6 nitrogen and oxygen atoms in total. The molecule has 1 rings (SSSR count). The van der Waals surface area contributed by atoms with Crippen molar-refractivity contribution < 1.29 is 14.4 Å². The number of nitrogens with one attached hydrogen (secondary N) is 1. The van der Waals surface area contributed by atoms with Crippen molar-refractivity contribution in [2.24, 2.45) is 0 Å². The van der Waals surface area contributed by atoms with E-state index >= 15 is 0 Å². The van der Waals surface area contributed by atoms with Gasteiger partial charge in [0.15, 0.2) is 5.82 Å². The van der Waals surface area contributed by atoms with E-state index in [9.17, 15) is 9.90 Å². The molecule has 0 bridgehead atoms. The Hall–Kier alpha value is -1.43. The van der Waals surface area contributed by atoms with E-state index in [1.54, 1.807) is 6.92 Å². The average molecular weight is 213 g/mol. The number of nitrogens with zero attached hydrogens (tertiary/aromatic N) is 2. The summed E-state index contributed by atoms with van der Waals surface area (Å²) in [6, 6.07) is 0. The third-order valence-corrected chi connectivity index (χ3v) is 1.76. The zero-order valence-corrected chi connectivity index (χ0v) is 9.07. The van der Waals surface area contributed by atoms with Crippen LogP contribution in [0.25, 0.3) is 0 Å². The number of aliphatic hydroxyl groups is 1. The lowest BCUT2D eigenvalue weighted by Gasteiger charge is -2.15. The molecule has 0 spiro atoms. The Labute approximate surface area is 87.7 Å². The van der Waals surface area contributed by atoms with Gasteiger partial charge < -0.3 is 14.9 Å². The minimum atomic E-state index is -1.35. The highest BCUT2D eigenvalue weighted by Gasteiger charge is 2.22. The lowest BCUT2D eigenvalue weighted by molar-refractivity contribution is -0.136. The largest absolute Gasteiger partial charge is 0.381 e. The molecule has 84 valence electrons. The molecule has 2 N–H and O–H groups in total. The zero-order chi connectivity index (χ0) is 11.5. The van der Waals surface area contributed by atoms with Gasteiger partial charge in [-0.05, 0) is 13.8 Å². The van der Waals surface area contributed by atoms with E-state index in [2.05, 4.69) is 15.5 Å². The molecule has 0 saturated carbocycles. The lowest BCUT2D eigenvalue weighted by atomic mass is 10.1. The first kappa shape index (κ1) is 11.6. The number of hydrogen-bond acceptors (Lipinski definition) is 5. The van der Waals surface area contributed by atoms with Crippen LogP contribution in [0.2, 0.25) is 0 Å². The summed E-state index contributed by atoms with van der Waals surface area (Å²) in [5.41, 5.74) is -1.35. The van der Waals surface area contributed by atoms with E-state index in [-0.39, 0.29) is 0 Å². The molecule has 0 aromatic carbocycles. The summed E-state index contributed by atoms with van der Waals surface area (Å²) < 4.78 is 4.77. The predicted octanol–water partition coefficient (Wildman–Crippen LogP) is -0.192. The Kier molecular flexibility index (Phi) is 3.41. The standard InChI is InChI=1S/C9H15N3O3/c1-6-11-7(12-15-6)4-5-10-8(13)9(2,3)14/h14H,4-5H2,1-3H3,(H,10,13). The fourth-order valence-corrected chi connectivity index (χ4v) is 0.947. The van der Waals surface area contributed by atoms with E-state index in [1.807, 2.05) is 0 Å². The highest BCUT2D eigenvalue weighted by Crippen LogP contribution is 2.00. The number of hydrogen-bond donors (Lipinski definition) is 2. The second-order valence-electron chi connectivity index (χ2n) is 3.79. The first-order valence-electron chi connectivity index (χ1n) is 4.69. The predicted molar refractivity (Wildman–Crippen MR) is 52.0 cm³/mol. The topological polar surface area (TPSA) is 88.2 Å². The minimum Gasteiger partial charge on any atom is -0.381 e. The summed E-state index contributed by atoms with van der Waals surface area (Å²) in [7, 11) is 0. The van der Waals surface area contributed by atoms with Gasteiger partial charge >= 0.3 is 0 Å². The summed E-state index contributed by atoms with van der Waals surface area (Å²) in [5.74, 6) is 0.630. The van der Waals surface area contributed by atoms with Gasteiger partial charge in [0.05, 0.1) is 0 Å². The first-order chi connectivity index (χ1) is 6.89. The normalized spacial score (nSPS) is 11.5. The van der Waals surface area contributed by atoms with Crippen LogP contribution in [0, 0.1) is 6.92 Å². The van der Waals surface area contributed by atoms with Crippen molar-refractivity contribution >= 4 is 5.91 Å². The maximum Gasteiger partial charge on any atom is 0.251 e. The van der Waals surface area contributed by atoms with Crippen LogP contribution in [-0.4, -0.2) is 33.3 Å². The van der Waals surface area contributed by atoms with Crippen LogP contribution in [0.3, 0.4) is 0 Å². The van der Waals surface area contributed by atoms with E-state index in [1.165, 1.54) is 13.8 Å². The molecule has 0 radical (unpaired) electrons. The molecule has 1 heterocycles. The van der Waals surface area contributed by atoms with Gasteiger partial charge in [0.25, 0.3) is 5.91 Å². The fourth-order valence-electron chi connectivity index (χ4n) is 0.947. The van der Waals surface area contributed by atoms with Crippen molar-refractivity contribution in [2.45, 2.75) is 32.8 Å². The van der Waals surface area contributed by atoms with E-state index in [0.29, 0.717) is 24.7 Å². The first-order valence-corrected chi connectivity index (χ1v) is 4.69. The molecule has 6 heteroatoms. The van der Waals surface area contributed by atoms with Gasteiger partial charge in [-0.2, -0.15) is 4.98 Å². The number of amides is 1. The lowest BCUT2D eigenvalue weighted by Crippen LogP contribution is -2.42. The molecule has 15 heavy (non-hydrogen) atoms. The Morgan fingerprint density at radius 3 is 2.73 bits per heavy atom. The van der Waals surface area contributed by atoms with Crippen molar-refractivity contribution in [3.8, 4) is 0 Å². The van der Waals surface area contributed by atoms with Gasteiger partial charge in [0.2, 0.25) is 5.89 Å². The molecular formula is C9H15N3O3. The maximum atomic E-state index is 11.2. The van der Waals surface area contributed by atoms with E-state index in [0.717, 1.165) is 0 Å². The van der Waals surface area contributed by atoms with Crippen molar-refractivity contribution in [1.29, 1.82) is 0 Å². The number of aromatic nitrogens is 2. The monoisotopic (exact) mass is 213 g/mol. The zero-order valence-electron chi connectivity index (χ0n) is 9.07. The molecule has 0 fully saturated rings. The van der Waals surface area contributed by atoms with Gasteiger partial charge in [-0.1, -0.05) is 5.16 Å². The summed E-state index contributed by atoms with van der Waals surface area (Å²) in [6.45, 7) is 4.94. The smallest absolute Gasteiger partial charge is 0.251 e. The highest BCUT2D eigenvalue weighted by atomic mass is 16.5. The highest BCUT2D eigenvalue weighted by molar-refractivity contribution is 5.83. The fraction of sp³-hybridized carbons (Fsp3) is 0.667. The number of rotatable bonds is 4. The molecule has 0 aliphatic heterocycles. The molecular weight excluding hydrogens is 198 g/mol. The average Bonchev–Trinajstić information content (AvgIpc) is 2.49. The number of aryl methyl sites for hydroxylation is 1. The van der Waals surface area contributed by atoms with Crippen LogP contribution in [-0.2, 0) is 11.2 Å². The molecule has 0 saturated heterocycles. The Balaban J connectivity index is 2.31. The molecule has 1 aromatic rings. The second kappa shape index (κ2) is 4.39. The Morgan fingerprint density at radius 2 is 2.27 bits per heavy atom. The van der Waals surface area contributed by atoms with Crippen LogP contribution in [0.15, 0.2) is 4.52 Å². The van der Waals surface area contributed by atoms with Crippen molar-refractivity contribution in [2.75, 3.05) is 6.54 Å². The van der Waals surface area contributed by atoms with E-state index < -0.39 is 11.5 Å². The third kappa shape index (κ3) is 3.67. The number of carbonyl (C=O) groups excluding carboxylic acids is 1. The summed E-state index contributed by atoms with van der Waals surface area (Å²) in [6.07, 6.45) is 0.485. The van der Waals surface area contributed by atoms with Gasteiger partial charge in [-0.15, -0.1) is 0 Å². The van der Waals surface area contributed by atoms with Crippen molar-refractivity contribution in [3.05, 3.63) is 11.7 Å². The molecule has 0 aliphatic carbocycles. The molecule has 0 atom stereocenters. The second-order valence-corrected chi connectivity index (χ2v) is 3.79. The summed E-state index contributed by atoms with van der Waals surface area (Å²) >= 11 is 0. The quantitative estimate of drug-likeness (QED) is 0.723. The molecule has 1 aromatic heterocycles. The summed E-state index contributed by atoms with van der Waals surface area (Å²) in [5, 5.41) is 15.6. The van der Waals surface area contributed by atoms with Crippen molar-refractivity contribution in [3.63, 3.8) is 0 Å². The molecule has 0 aliphatic rings. The van der Waals surface area contributed by atoms with Gasteiger partial charge in [-0.3, -0.25) is 4.79 Å². The van der Waals surface area contributed by atoms with Gasteiger partial charge in [0, 0.05) is 19.9 Å². The van der Waals surface area contributed by atoms with Crippen molar-refractivity contribution in [1.82, 2.24) is 15.5 Å². The Morgan fingerprint density at radius 1 is 1.60 bits per heavy atom. The van der Waals surface area contributed by atoms with Gasteiger partial charge in [-0.25, -0.2) is 0 Å². The Bertz CT molecular complexity index is 341. The molecule has 0 unspecified atom stereocenters. The minimum absolute atomic E-state index is 0.377. The van der Waals surface area contributed by atoms with Crippen LogP contribution in [0.5, 0.6) is 0 Å². The van der Waals surface area contributed by atoms with Crippen LogP contribution in [0.4, 0.5) is 0 Å². The van der Waals surface area contributed by atoms with E-state index in [4.69, 9.17) is 4.52 Å². The molecule has 1 amide bonds. The summed E-state index contributed by atoms with van der Waals surface area (Å²) in [4.78, 5) is 15.2.